The summed E-state index contributed by atoms with van der Waals surface area (Å²) in [5.41, 5.74) is 0.506. The number of hydrogen-bond acceptors (Lipinski definition) is 5. The lowest BCUT2D eigenvalue weighted by atomic mass is 9.81. The minimum atomic E-state index is -0.927. The number of rotatable bonds is 5. The maximum Gasteiger partial charge on any atom is 0.331 e. The molecule has 1 amide bonds. The van der Waals surface area contributed by atoms with Crippen LogP contribution in [0.1, 0.15) is 42.5 Å². The van der Waals surface area contributed by atoms with Crippen LogP contribution < -0.4 is 10.2 Å². The van der Waals surface area contributed by atoms with E-state index in [9.17, 15) is 9.59 Å². The number of carbonyl (C=O) groups is 2. The van der Waals surface area contributed by atoms with Crippen LogP contribution in [0.4, 0.5) is 11.5 Å². The highest BCUT2D eigenvalue weighted by molar-refractivity contribution is 5.98. The van der Waals surface area contributed by atoms with Gasteiger partial charge in [-0.25, -0.2) is 9.78 Å². The number of benzene rings is 1. The van der Waals surface area contributed by atoms with Crippen LogP contribution in [0.5, 0.6) is 0 Å². The van der Waals surface area contributed by atoms with E-state index in [1.807, 2.05) is 42.3 Å². The van der Waals surface area contributed by atoms with Crippen molar-refractivity contribution in [3.63, 3.8) is 0 Å². The van der Waals surface area contributed by atoms with Gasteiger partial charge in [0.1, 0.15) is 11.4 Å². The van der Waals surface area contributed by atoms with E-state index in [4.69, 9.17) is 4.74 Å². The molecule has 1 aliphatic rings. The minimum Gasteiger partial charge on any atom is -0.467 e. The third kappa shape index (κ3) is 4.10. The standard InChI is InChI=1S/C21H25N3O3/c1-24(17-9-5-3-6-10-17)18-12-11-16(15-22-18)19(25)23-21(20(26)27-2)13-7-4-8-14-21/h3,5-6,9-12,15H,4,7-8,13-14H2,1-2H3,(H,23,25). The van der Waals surface area contributed by atoms with Gasteiger partial charge in [-0.3, -0.25) is 4.79 Å². The van der Waals surface area contributed by atoms with Gasteiger partial charge in [0.2, 0.25) is 0 Å². The molecule has 1 aromatic heterocycles. The summed E-state index contributed by atoms with van der Waals surface area (Å²) in [4.78, 5) is 31.4. The number of nitrogens with one attached hydrogen (secondary N) is 1. The molecule has 0 unspecified atom stereocenters. The number of nitrogens with zero attached hydrogens (tertiary/aromatic N) is 2. The van der Waals surface area contributed by atoms with Crippen LogP contribution in [0.2, 0.25) is 0 Å². The number of anilines is 2. The highest BCUT2D eigenvalue weighted by Crippen LogP contribution is 2.30. The van der Waals surface area contributed by atoms with Crippen molar-refractivity contribution in [2.75, 3.05) is 19.1 Å². The van der Waals surface area contributed by atoms with E-state index >= 15 is 0 Å². The van der Waals surface area contributed by atoms with Crippen molar-refractivity contribution in [1.29, 1.82) is 0 Å². The summed E-state index contributed by atoms with van der Waals surface area (Å²) < 4.78 is 4.95. The Morgan fingerprint density at radius 1 is 1.07 bits per heavy atom. The molecule has 0 spiro atoms. The highest BCUT2D eigenvalue weighted by atomic mass is 16.5. The van der Waals surface area contributed by atoms with Gasteiger partial charge in [0, 0.05) is 18.9 Å². The van der Waals surface area contributed by atoms with Crippen molar-refractivity contribution in [3.8, 4) is 0 Å². The summed E-state index contributed by atoms with van der Waals surface area (Å²) >= 11 is 0. The van der Waals surface area contributed by atoms with Gasteiger partial charge in [-0.15, -0.1) is 0 Å². The first-order valence-corrected chi connectivity index (χ1v) is 9.21. The predicted octanol–water partition coefficient (Wildman–Crippen LogP) is 3.46. The molecule has 1 N–H and O–H groups in total. The molecule has 0 bridgehead atoms. The first kappa shape index (κ1) is 18.9. The third-order valence-corrected chi connectivity index (χ3v) is 5.13. The average molecular weight is 367 g/mol. The number of carbonyl (C=O) groups excluding carboxylic acids is 2. The van der Waals surface area contributed by atoms with Gasteiger partial charge in [-0.2, -0.15) is 0 Å². The third-order valence-electron chi connectivity index (χ3n) is 5.13. The molecular formula is C21H25N3O3. The van der Waals surface area contributed by atoms with Crippen molar-refractivity contribution in [2.24, 2.45) is 0 Å². The minimum absolute atomic E-state index is 0.302. The number of amides is 1. The van der Waals surface area contributed by atoms with Crippen LogP contribution in [0, 0.1) is 0 Å². The maximum absolute atomic E-state index is 12.7. The first-order valence-electron chi connectivity index (χ1n) is 9.21. The van der Waals surface area contributed by atoms with Crippen LogP contribution in [0.15, 0.2) is 48.7 Å². The van der Waals surface area contributed by atoms with Gasteiger partial charge in [0.25, 0.3) is 5.91 Å². The number of aromatic nitrogens is 1. The van der Waals surface area contributed by atoms with Crippen LogP contribution in [-0.4, -0.2) is 36.6 Å². The van der Waals surface area contributed by atoms with Gasteiger partial charge in [0.15, 0.2) is 0 Å². The smallest absolute Gasteiger partial charge is 0.331 e. The van der Waals surface area contributed by atoms with Crippen LogP contribution in [0.25, 0.3) is 0 Å². The molecular weight excluding hydrogens is 342 g/mol. The van der Waals surface area contributed by atoms with Gasteiger partial charge < -0.3 is 15.0 Å². The molecule has 1 fully saturated rings. The van der Waals surface area contributed by atoms with E-state index in [1.54, 1.807) is 12.1 Å². The molecule has 0 saturated heterocycles. The highest BCUT2D eigenvalue weighted by Gasteiger charge is 2.42. The normalized spacial score (nSPS) is 15.6. The maximum atomic E-state index is 12.7. The Bertz CT molecular complexity index is 784. The molecule has 6 nitrogen and oxygen atoms in total. The Hall–Kier alpha value is -2.89. The van der Waals surface area contributed by atoms with Crippen molar-refractivity contribution >= 4 is 23.4 Å². The topological polar surface area (TPSA) is 71.5 Å². The summed E-state index contributed by atoms with van der Waals surface area (Å²) in [7, 11) is 3.28. The quantitative estimate of drug-likeness (QED) is 0.820. The summed E-state index contributed by atoms with van der Waals surface area (Å²) in [6.45, 7) is 0. The van der Waals surface area contributed by atoms with Crippen LogP contribution >= 0.6 is 0 Å². The monoisotopic (exact) mass is 367 g/mol. The van der Waals surface area contributed by atoms with Crippen LogP contribution in [-0.2, 0) is 9.53 Å². The fourth-order valence-electron chi connectivity index (χ4n) is 3.52. The Labute approximate surface area is 159 Å². The number of ether oxygens (including phenoxy) is 1. The summed E-state index contributed by atoms with van der Waals surface area (Å²) in [5.74, 6) is 0.0609. The Morgan fingerprint density at radius 2 is 1.78 bits per heavy atom. The summed E-state index contributed by atoms with van der Waals surface area (Å²) in [6.07, 6.45) is 5.61. The summed E-state index contributed by atoms with van der Waals surface area (Å²) in [5, 5.41) is 2.91. The molecule has 3 rings (SSSR count). The number of hydrogen-bond donors (Lipinski definition) is 1. The van der Waals surface area contributed by atoms with Gasteiger partial charge in [-0.05, 0) is 37.1 Å². The van der Waals surface area contributed by atoms with E-state index in [1.165, 1.54) is 13.3 Å². The fourth-order valence-corrected chi connectivity index (χ4v) is 3.52. The van der Waals surface area contributed by atoms with Crippen molar-refractivity contribution in [3.05, 3.63) is 54.2 Å². The lowest BCUT2D eigenvalue weighted by Gasteiger charge is -2.35. The molecule has 1 aliphatic carbocycles. The van der Waals surface area contributed by atoms with Crippen molar-refractivity contribution in [1.82, 2.24) is 10.3 Å². The molecule has 2 aromatic rings. The number of pyridine rings is 1. The Kier molecular flexibility index (Phi) is 5.74. The van der Waals surface area contributed by atoms with Gasteiger partial charge in [-0.1, -0.05) is 37.5 Å². The second kappa shape index (κ2) is 8.20. The average Bonchev–Trinajstić information content (AvgIpc) is 2.74. The lowest BCUT2D eigenvalue weighted by molar-refractivity contribution is -0.149. The van der Waals surface area contributed by atoms with E-state index in [2.05, 4.69) is 10.3 Å². The SMILES string of the molecule is COC(=O)C1(NC(=O)c2ccc(N(C)c3ccccc3)nc2)CCCCC1. The molecule has 1 saturated carbocycles. The second-order valence-electron chi connectivity index (χ2n) is 6.89. The molecule has 0 aliphatic heterocycles. The summed E-state index contributed by atoms with van der Waals surface area (Å²) in [6, 6.07) is 13.4. The van der Waals surface area contributed by atoms with E-state index in [-0.39, 0.29) is 11.9 Å². The van der Waals surface area contributed by atoms with Crippen molar-refractivity contribution in [2.45, 2.75) is 37.6 Å². The number of para-hydroxylation sites is 1. The van der Waals surface area contributed by atoms with Crippen LogP contribution in [0.3, 0.4) is 0 Å². The molecule has 1 heterocycles. The van der Waals surface area contributed by atoms with E-state index in [0.717, 1.165) is 30.8 Å². The number of esters is 1. The number of methoxy groups -OCH3 is 1. The van der Waals surface area contributed by atoms with Gasteiger partial charge in [0.05, 0.1) is 12.7 Å². The zero-order valence-electron chi connectivity index (χ0n) is 15.8. The Morgan fingerprint density at radius 3 is 2.37 bits per heavy atom. The molecule has 0 atom stereocenters. The molecule has 0 radical (unpaired) electrons. The second-order valence-corrected chi connectivity index (χ2v) is 6.89. The van der Waals surface area contributed by atoms with Crippen molar-refractivity contribution < 1.29 is 14.3 Å². The Balaban J connectivity index is 1.74. The first-order chi connectivity index (χ1) is 13.1. The lowest BCUT2D eigenvalue weighted by Crippen LogP contribution is -2.56. The molecule has 142 valence electrons. The largest absolute Gasteiger partial charge is 0.467 e. The predicted molar refractivity (Wildman–Crippen MR) is 104 cm³/mol. The van der Waals surface area contributed by atoms with E-state index in [0.29, 0.717) is 18.4 Å². The van der Waals surface area contributed by atoms with Gasteiger partial charge >= 0.3 is 5.97 Å². The van der Waals surface area contributed by atoms with E-state index < -0.39 is 5.54 Å². The fraction of sp³-hybridized carbons (Fsp3) is 0.381. The zero-order chi connectivity index (χ0) is 19.3. The molecule has 1 aromatic carbocycles. The molecule has 6 heteroatoms. The molecule has 27 heavy (non-hydrogen) atoms. The zero-order valence-corrected chi connectivity index (χ0v) is 15.8.